The summed E-state index contributed by atoms with van der Waals surface area (Å²) in [6.45, 7) is 5.50. The molecule has 2 fully saturated rings. The number of rotatable bonds is 21. The molecule has 15 heteroatoms. The van der Waals surface area contributed by atoms with Crippen LogP contribution < -0.4 is 18.9 Å². The molecule has 2 heterocycles. The molecule has 2 aliphatic rings. The van der Waals surface area contributed by atoms with Crippen molar-refractivity contribution in [3.63, 3.8) is 0 Å². The molecule has 6 aromatic rings. The summed E-state index contributed by atoms with van der Waals surface area (Å²) in [5.41, 5.74) is 5.25. The molecule has 78 heavy (non-hydrogen) atoms. The Morgan fingerprint density at radius 2 is 0.936 bits per heavy atom. The van der Waals surface area contributed by atoms with E-state index in [1.54, 1.807) is 52.7 Å². The number of piperidine rings is 2. The average molecular weight is 1080 g/mol. The number of methoxy groups -OCH3 is 6. The van der Waals surface area contributed by atoms with Gasteiger partial charge in [-0.1, -0.05) is 117 Å². The van der Waals surface area contributed by atoms with Crippen molar-refractivity contribution in [3.8, 4) is 23.0 Å². The summed E-state index contributed by atoms with van der Waals surface area (Å²) in [6.07, 6.45) is 2.59. The van der Waals surface area contributed by atoms with Gasteiger partial charge in [0.25, 0.3) is 0 Å². The third-order valence-electron chi connectivity index (χ3n) is 14.2. The minimum Gasteiger partial charge on any atom is -0.493 e. The summed E-state index contributed by atoms with van der Waals surface area (Å²) < 4.78 is 64.9. The van der Waals surface area contributed by atoms with Crippen LogP contribution in [0.4, 0.5) is 8.78 Å². The summed E-state index contributed by atoms with van der Waals surface area (Å²) in [5, 5.41) is 19.6. The highest BCUT2D eigenvalue weighted by molar-refractivity contribution is 5.77. The van der Waals surface area contributed by atoms with Crippen molar-refractivity contribution < 1.29 is 61.7 Å². The van der Waals surface area contributed by atoms with E-state index < -0.39 is 36.4 Å². The molecule has 2 aliphatic heterocycles. The third kappa shape index (κ3) is 17.6. The largest absolute Gasteiger partial charge is 0.493 e. The summed E-state index contributed by atoms with van der Waals surface area (Å²) in [6, 6.07) is 42.9. The molecule has 4 unspecified atom stereocenters. The highest BCUT2D eigenvalue weighted by Crippen LogP contribution is 2.44. The van der Waals surface area contributed by atoms with Gasteiger partial charge >= 0.3 is 11.9 Å². The van der Waals surface area contributed by atoms with Gasteiger partial charge in [-0.25, -0.2) is 18.4 Å². The monoisotopic (exact) mass is 1080 g/mol. The molecule has 0 amide bonds. The van der Waals surface area contributed by atoms with Gasteiger partial charge in [-0.15, -0.1) is 0 Å². The van der Waals surface area contributed by atoms with Crippen LogP contribution in [0.15, 0.2) is 146 Å². The molecule has 2 N–H and O–H groups in total. The lowest BCUT2D eigenvalue weighted by atomic mass is 9.86. The zero-order valence-electron chi connectivity index (χ0n) is 45.0. The van der Waals surface area contributed by atoms with Crippen LogP contribution in [0.2, 0.25) is 0 Å². The second-order valence-corrected chi connectivity index (χ2v) is 19.0. The maximum Gasteiger partial charge on any atom is 0.340 e. The van der Waals surface area contributed by atoms with Crippen LogP contribution in [0.3, 0.4) is 0 Å². The maximum absolute atomic E-state index is 13.4. The lowest BCUT2D eigenvalue weighted by molar-refractivity contribution is -0.166. The predicted octanol–water partition coefficient (Wildman–Crippen LogP) is 11.7. The van der Waals surface area contributed by atoms with E-state index in [0.29, 0.717) is 28.6 Å². The summed E-state index contributed by atoms with van der Waals surface area (Å²) in [4.78, 5) is 28.9. The Balaban J connectivity index is 0.000000243. The van der Waals surface area contributed by atoms with Gasteiger partial charge in [0.2, 0.25) is 0 Å². The van der Waals surface area contributed by atoms with Crippen LogP contribution in [0.1, 0.15) is 90.9 Å². The molecule has 0 spiro atoms. The van der Waals surface area contributed by atoms with Crippen molar-refractivity contribution in [3.05, 3.63) is 191 Å². The van der Waals surface area contributed by atoms with E-state index in [4.69, 9.17) is 38.3 Å². The number of hydrogen-bond donors (Lipinski definition) is 2. The zero-order valence-corrected chi connectivity index (χ0v) is 45.0. The first-order chi connectivity index (χ1) is 37.4. The molecule has 0 radical (unpaired) electrons. The summed E-state index contributed by atoms with van der Waals surface area (Å²) >= 11 is 0. The molecule has 4 atom stereocenters. The molecule has 0 saturated carbocycles. The van der Waals surface area contributed by atoms with Crippen molar-refractivity contribution in [2.24, 2.45) is 11.8 Å². The van der Waals surface area contributed by atoms with Gasteiger partial charge in [0.05, 0.1) is 34.5 Å². The number of carboxylic acid groups (broad SMARTS) is 1. The second-order valence-electron chi connectivity index (χ2n) is 19.0. The number of aliphatic carboxylic acids is 1. The molecule has 0 aliphatic carbocycles. The minimum absolute atomic E-state index is 0. The van der Waals surface area contributed by atoms with E-state index in [0.717, 1.165) is 106 Å². The molecule has 420 valence electrons. The van der Waals surface area contributed by atoms with Crippen LogP contribution in [-0.4, -0.2) is 114 Å². The fourth-order valence-electron chi connectivity index (χ4n) is 9.99. The van der Waals surface area contributed by atoms with Gasteiger partial charge in [0.1, 0.15) is 17.7 Å². The highest BCUT2D eigenvalue weighted by Gasteiger charge is 2.36. The standard InChI is InChI=1S/C31H36FNO5.C22H28FNO3.C9H10O3.CH4/c1-35-27-11-7-10-26(30(27)37-3)28(38-31(34)29(36-2)23-8-5-4-6-9-23)24-17-20-33(21-18-24)19-16-22-12-14-25(32)15-13-22;1-26-20-5-3-4-19(22(20)27-2)21(25)17-11-14-24(15-12-17)13-10-16-6-8-18(23)9-7-16;1-12-8(9(10)11)7-5-3-2-4-6-7;/h4-15,24,28-29H,16-21H2,1-3H3;3-9,17,21,25H,10-15H2,1-2H3;2-6,8H,1H3,(H,10,11);1H4. The Morgan fingerprint density at radius 1 is 0.526 bits per heavy atom. The van der Waals surface area contributed by atoms with Gasteiger partial charge in [-0.2, -0.15) is 0 Å². The Labute approximate surface area is 459 Å². The second kappa shape index (κ2) is 32.1. The third-order valence-corrected chi connectivity index (χ3v) is 14.2. The Hall–Kier alpha value is -6.88. The van der Waals surface area contributed by atoms with Gasteiger partial charge in [0, 0.05) is 44.4 Å². The van der Waals surface area contributed by atoms with Crippen LogP contribution in [0.5, 0.6) is 23.0 Å². The molecule has 2 saturated heterocycles. The molecule has 0 aromatic heterocycles. The molecular weight excluding hydrogens is 999 g/mol. The number of carbonyl (C=O) groups excluding carboxylic acids is 1. The van der Waals surface area contributed by atoms with Crippen LogP contribution >= 0.6 is 0 Å². The highest BCUT2D eigenvalue weighted by atomic mass is 19.1. The van der Waals surface area contributed by atoms with E-state index in [1.807, 2.05) is 97.1 Å². The molecule has 6 aromatic carbocycles. The first-order valence-electron chi connectivity index (χ1n) is 26.0. The fraction of sp³-hybridized carbons (Fsp3) is 0.397. The molecular formula is C63H78F2N2O11. The average Bonchev–Trinajstić information content (AvgIpc) is 3.47. The van der Waals surface area contributed by atoms with Gasteiger partial charge < -0.3 is 53.2 Å². The van der Waals surface area contributed by atoms with Crippen molar-refractivity contribution in [2.75, 3.05) is 81.9 Å². The number of para-hydroxylation sites is 2. The van der Waals surface area contributed by atoms with Crippen molar-refractivity contribution in [2.45, 2.75) is 70.4 Å². The maximum atomic E-state index is 13.4. The summed E-state index contributed by atoms with van der Waals surface area (Å²) in [5.74, 6) is 0.901. The number of ether oxygens (including phenoxy) is 7. The lowest BCUT2D eigenvalue weighted by Crippen LogP contribution is -2.38. The van der Waals surface area contributed by atoms with Crippen LogP contribution in [0, 0.1) is 23.5 Å². The molecule has 13 nitrogen and oxygen atoms in total. The number of likely N-dealkylation sites (tertiary alicyclic amines) is 2. The zero-order chi connectivity index (χ0) is 55.1. The van der Waals surface area contributed by atoms with E-state index in [9.17, 15) is 23.5 Å². The first kappa shape index (κ1) is 62.0. The quantitative estimate of drug-likeness (QED) is 0.0660. The Morgan fingerprint density at radius 3 is 1.35 bits per heavy atom. The Bertz CT molecular complexity index is 2680. The molecule has 8 rings (SSSR count). The number of benzene rings is 6. The number of esters is 1. The number of carbonyl (C=O) groups is 2. The topological polar surface area (TPSA) is 146 Å². The van der Waals surface area contributed by atoms with Gasteiger partial charge in [0.15, 0.2) is 35.2 Å². The molecule has 0 bridgehead atoms. The SMILES string of the molecule is C.COC(C(=O)O)c1ccccc1.COc1cccc(C(O)C2CCN(CCc3ccc(F)cc3)CC2)c1OC.COc1cccc(C(OC(=O)C(OC)c2ccccc2)C2CCN(CCc3ccc(F)cc3)CC2)c1OC. The number of carboxylic acids is 1. The van der Waals surface area contributed by atoms with E-state index in [1.165, 1.54) is 38.5 Å². The van der Waals surface area contributed by atoms with Crippen LogP contribution in [-0.2, 0) is 36.6 Å². The van der Waals surface area contributed by atoms with Crippen molar-refractivity contribution >= 4 is 11.9 Å². The number of nitrogens with zero attached hydrogens (tertiary/aromatic N) is 2. The van der Waals surface area contributed by atoms with E-state index in [2.05, 4.69) is 9.80 Å². The number of hydrogen-bond acceptors (Lipinski definition) is 12. The first-order valence-corrected chi connectivity index (χ1v) is 26.0. The normalized spacial score (nSPS) is 15.6. The van der Waals surface area contributed by atoms with Crippen LogP contribution in [0.25, 0.3) is 0 Å². The summed E-state index contributed by atoms with van der Waals surface area (Å²) in [7, 11) is 9.30. The predicted molar refractivity (Wildman–Crippen MR) is 298 cm³/mol. The lowest BCUT2D eigenvalue weighted by Gasteiger charge is -2.36. The number of halogens is 2. The number of aliphatic hydroxyl groups excluding tert-OH is 1. The van der Waals surface area contributed by atoms with Gasteiger partial charge in [-0.3, -0.25) is 0 Å². The van der Waals surface area contributed by atoms with E-state index >= 15 is 0 Å². The fourth-order valence-corrected chi connectivity index (χ4v) is 9.99. The minimum atomic E-state index is -0.969. The Kier molecular flexibility index (Phi) is 25.5. The van der Waals surface area contributed by atoms with Gasteiger partial charge in [-0.05, 0) is 129 Å². The smallest absolute Gasteiger partial charge is 0.340 e. The van der Waals surface area contributed by atoms with Crippen molar-refractivity contribution in [1.82, 2.24) is 9.80 Å². The number of aliphatic hydroxyl groups is 1. The van der Waals surface area contributed by atoms with E-state index in [-0.39, 0.29) is 30.9 Å². The van der Waals surface area contributed by atoms with Crippen molar-refractivity contribution in [1.29, 1.82) is 0 Å².